The van der Waals surface area contributed by atoms with Gasteiger partial charge in [0.2, 0.25) is 0 Å². The molecule has 1 aromatic carbocycles. The van der Waals surface area contributed by atoms with Crippen LogP contribution in [0.2, 0.25) is 0 Å². The van der Waals surface area contributed by atoms with E-state index in [1.165, 1.54) is 6.07 Å². The first-order chi connectivity index (χ1) is 8.86. The quantitative estimate of drug-likeness (QED) is 0.928. The van der Waals surface area contributed by atoms with Crippen LogP contribution in [0, 0.1) is 0 Å². The Kier molecular flexibility index (Phi) is 3.46. The Bertz CT molecular complexity index is 604. The van der Waals surface area contributed by atoms with Crippen LogP contribution in [0.15, 0.2) is 22.6 Å². The van der Waals surface area contributed by atoms with Gasteiger partial charge in [-0.15, -0.1) is 0 Å². The molecule has 0 saturated carbocycles. The second kappa shape index (κ2) is 4.91. The molecule has 0 bridgehead atoms. The van der Waals surface area contributed by atoms with Crippen molar-refractivity contribution < 1.29 is 27.5 Å². The van der Waals surface area contributed by atoms with Gasteiger partial charge in [-0.3, -0.25) is 4.79 Å². The Balaban J connectivity index is 2.18. The van der Waals surface area contributed by atoms with Crippen LogP contribution in [0.4, 0.5) is 13.2 Å². The fourth-order valence-electron chi connectivity index (χ4n) is 1.65. The lowest BCUT2D eigenvalue weighted by Gasteiger charge is -2.04. The van der Waals surface area contributed by atoms with Crippen LogP contribution < -0.4 is 0 Å². The molecule has 0 radical (unpaired) electrons. The van der Waals surface area contributed by atoms with Crippen molar-refractivity contribution in [3.8, 4) is 0 Å². The van der Waals surface area contributed by atoms with Gasteiger partial charge in [0, 0.05) is 12.8 Å². The van der Waals surface area contributed by atoms with Crippen molar-refractivity contribution >= 4 is 17.1 Å². The molecule has 19 heavy (non-hydrogen) atoms. The summed E-state index contributed by atoms with van der Waals surface area (Å²) in [5.41, 5.74) is -0.399. The minimum Gasteiger partial charge on any atom is -0.481 e. The first kappa shape index (κ1) is 13.4. The molecule has 1 N–H and O–H groups in total. The van der Waals surface area contributed by atoms with E-state index < -0.39 is 17.7 Å². The molecule has 102 valence electrons. The summed E-state index contributed by atoms with van der Waals surface area (Å²) >= 11 is 0. The number of halogens is 3. The molecule has 0 unspecified atom stereocenters. The lowest BCUT2D eigenvalue weighted by atomic mass is 10.2. The number of aromatic nitrogens is 1. The van der Waals surface area contributed by atoms with Crippen LogP contribution in [0.25, 0.3) is 11.1 Å². The zero-order valence-electron chi connectivity index (χ0n) is 9.70. The van der Waals surface area contributed by atoms with E-state index in [1.54, 1.807) is 0 Å². The number of carboxylic acids is 1. The van der Waals surface area contributed by atoms with E-state index in [0.29, 0.717) is 6.42 Å². The van der Waals surface area contributed by atoms with Gasteiger partial charge in [0.25, 0.3) is 0 Å². The molecular formula is C12H10F3NO3. The number of oxazole rings is 1. The summed E-state index contributed by atoms with van der Waals surface area (Å²) in [5, 5.41) is 8.48. The number of hydrogen-bond acceptors (Lipinski definition) is 3. The number of carbonyl (C=O) groups is 1. The van der Waals surface area contributed by atoms with Gasteiger partial charge in [0.05, 0.1) is 5.56 Å². The first-order valence-electron chi connectivity index (χ1n) is 5.55. The van der Waals surface area contributed by atoms with Crippen molar-refractivity contribution in [2.24, 2.45) is 0 Å². The van der Waals surface area contributed by atoms with E-state index >= 15 is 0 Å². The molecule has 4 nitrogen and oxygen atoms in total. The summed E-state index contributed by atoms with van der Waals surface area (Å²) < 4.78 is 42.7. The number of benzene rings is 1. The normalized spacial score (nSPS) is 11.9. The number of fused-ring (bicyclic) bond motifs is 1. The van der Waals surface area contributed by atoms with E-state index in [2.05, 4.69) is 4.98 Å². The molecular weight excluding hydrogens is 263 g/mol. The molecule has 0 aliphatic carbocycles. The maximum atomic E-state index is 12.5. The molecule has 0 aliphatic heterocycles. The number of alkyl halides is 3. The summed E-state index contributed by atoms with van der Waals surface area (Å²) in [4.78, 5) is 14.3. The van der Waals surface area contributed by atoms with Gasteiger partial charge in [-0.25, -0.2) is 4.98 Å². The van der Waals surface area contributed by atoms with E-state index in [4.69, 9.17) is 9.52 Å². The van der Waals surface area contributed by atoms with Gasteiger partial charge in [-0.05, 0) is 24.6 Å². The second-order valence-electron chi connectivity index (χ2n) is 4.04. The standard InChI is InChI=1S/C12H10F3NO3/c13-12(14,15)7-4-5-9-8(6-7)16-10(19-9)2-1-3-11(17)18/h4-6H,1-3H2,(H,17,18). The van der Waals surface area contributed by atoms with Crippen LogP contribution in [-0.2, 0) is 17.4 Å². The topological polar surface area (TPSA) is 63.3 Å². The van der Waals surface area contributed by atoms with Crippen LogP contribution in [0.3, 0.4) is 0 Å². The van der Waals surface area contributed by atoms with Gasteiger partial charge < -0.3 is 9.52 Å². The molecule has 2 aromatic rings. The second-order valence-corrected chi connectivity index (χ2v) is 4.04. The van der Waals surface area contributed by atoms with E-state index in [-0.39, 0.29) is 29.8 Å². The van der Waals surface area contributed by atoms with E-state index in [0.717, 1.165) is 12.1 Å². The molecule has 1 aromatic heterocycles. The molecule has 0 aliphatic rings. The lowest BCUT2D eigenvalue weighted by molar-refractivity contribution is -0.138. The highest BCUT2D eigenvalue weighted by molar-refractivity contribution is 5.73. The predicted molar refractivity (Wildman–Crippen MR) is 59.6 cm³/mol. The van der Waals surface area contributed by atoms with E-state index in [9.17, 15) is 18.0 Å². The molecule has 2 rings (SSSR count). The zero-order valence-corrected chi connectivity index (χ0v) is 9.70. The Morgan fingerprint density at radius 2 is 2.11 bits per heavy atom. The summed E-state index contributed by atoms with van der Waals surface area (Å²) in [6.07, 6.45) is -3.85. The monoisotopic (exact) mass is 273 g/mol. The maximum Gasteiger partial charge on any atom is 0.416 e. The van der Waals surface area contributed by atoms with Crippen molar-refractivity contribution in [2.45, 2.75) is 25.4 Å². The SMILES string of the molecule is O=C(O)CCCc1nc2cc(C(F)(F)F)ccc2o1. The van der Waals surface area contributed by atoms with Gasteiger partial charge in [-0.2, -0.15) is 13.2 Å². The number of aliphatic carboxylic acids is 1. The molecule has 7 heteroatoms. The third-order valence-electron chi connectivity index (χ3n) is 2.54. The molecule has 0 saturated heterocycles. The molecule has 0 amide bonds. The van der Waals surface area contributed by atoms with Gasteiger partial charge in [0.1, 0.15) is 5.52 Å². The lowest BCUT2D eigenvalue weighted by Crippen LogP contribution is -2.03. The van der Waals surface area contributed by atoms with Gasteiger partial charge >= 0.3 is 12.1 Å². The Hall–Kier alpha value is -2.05. The largest absolute Gasteiger partial charge is 0.481 e. The Morgan fingerprint density at radius 1 is 1.37 bits per heavy atom. The average Bonchev–Trinajstić information content (AvgIpc) is 2.68. The highest BCUT2D eigenvalue weighted by atomic mass is 19.4. The van der Waals surface area contributed by atoms with Crippen LogP contribution in [0.1, 0.15) is 24.3 Å². The van der Waals surface area contributed by atoms with Crippen molar-refractivity contribution in [1.29, 1.82) is 0 Å². The minimum atomic E-state index is -4.42. The Labute approximate surface area is 105 Å². The third-order valence-corrected chi connectivity index (χ3v) is 2.54. The number of rotatable bonds is 4. The fraction of sp³-hybridized carbons (Fsp3) is 0.333. The zero-order chi connectivity index (χ0) is 14.0. The predicted octanol–water partition coefficient (Wildman–Crippen LogP) is 3.25. The highest BCUT2D eigenvalue weighted by Gasteiger charge is 2.30. The van der Waals surface area contributed by atoms with Crippen molar-refractivity contribution in [2.75, 3.05) is 0 Å². The number of carboxylic acid groups (broad SMARTS) is 1. The van der Waals surface area contributed by atoms with Gasteiger partial charge in [-0.1, -0.05) is 0 Å². The van der Waals surface area contributed by atoms with Crippen molar-refractivity contribution in [3.63, 3.8) is 0 Å². The summed E-state index contributed by atoms with van der Waals surface area (Å²) in [6, 6.07) is 3.06. The fourth-order valence-corrected chi connectivity index (χ4v) is 1.65. The molecule has 0 spiro atoms. The smallest absolute Gasteiger partial charge is 0.416 e. The molecule has 0 fully saturated rings. The number of aryl methyl sites for hydroxylation is 1. The summed E-state index contributed by atoms with van der Waals surface area (Å²) in [5.74, 6) is -0.689. The van der Waals surface area contributed by atoms with Crippen molar-refractivity contribution in [1.82, 2.24) is 4.98 Å². The number of nitrogens with zero attached hydrogens (tertiary/aromatic N) is 1. The maximum absolute atomic E-state index is 12.5. The van der Waals surface area contributed by atoms with Crippen LogP contribution >= 0.6 is 0 Å². The highest BCUT2D eigenvalue weighted by Crippen LogP contribution is 2.31. The first-order valence-corrected chi connectivity index (χ1v) is 5.55. The van der Waals surface area contributed by atoms with E-state index in [1.807, 2.05) is 0 Å². The van der Waals surface area contributed by atoms with Crippen LogP contribution in [-0.4, -0.2) is 16.1 Å². The summed E-state index contributed by atoms with van der Waals surface area (Å²) in [7, 11) is 0. The average molecular weight is 273 g/mol. The Morgan fingerprint density at radius 3 is 2.74 bits per heavy atom. The third kappa shape index (κ3) is 3.24. The molecule has 1 heterocycles. The summed E-state index contributed by atoms with van der Waals surface area (Å²) in [6.45, 7) is 0. The van der Waals surface area contributed by atoms with Gasteiger partial charge in [0.15, 0.2) is 11.5 Å². The molecule has 0 atom stereocenters. The minimum absolute atomic E-state index is 0.0352. The van der Waals surface area contributed by atoms with Crippen LogP contribution in [0.5, 0.6) is 0 Å². The van der Waals surface area contributed by atoms with Crippen molar-refractivity contribution in [3.05, 3.63) is 29.7 Å². The number of hydrogen-bond donors (Lipinski definition) is 1.